The van der Waals surface area contributed by atoms with Crippen molar-refractivity contribution in [3.63, 3.8) is 0 Å². The molecular weight excluding hydrogens is 348 g/mol. The molecule has 1 unspecified atom stereocenters. The Balaban J connectivity index is 1.59. The van der Waals surface area contributed by atoms with E-state index in [0.29, 0.717) is 0 Å². The topological polar surface area (TPSA) is 51.4 Å². The van der Waals surface area contributed by atoms with Crippen LogP contribution in [0.25, 0.3) is 16.9 Å². The van der Waals surface area contributed by atoms with Gasteiger partial charge in [0.15, 0.2) is 5.84 Å². The Kier molecular flexibility index (Phi) is 4.20. The minimum Gasteiger partial charge on any atom is -0.246 e. The highest BCUT2D eigenvalue weighted by Crippen LogP contribution is 2.32. The van der Waals surface area contributed by atoms with Crippen LogP contribution in [0.5, 0.6) is 0 Å². The summed E-state index contributed by atoms with van der Waals surface area (Å²) in [4.78, 5) is 10.6. The summed E-state index contributed by atoms with van der Waals surface area (Å²) in [5.41, 5.74) is 7.73. The monoisotopic (exact) mass is 366 g/mol. The Morgan fingerprint density at radius 3 is 2.04 bits per heavy atom. The number of rotatable bonds is 4. The van der Waals surface area contributed by atoms with Gasteiger partial charge < -0.3 is 0 Å². The van der Waals surface area contributed by atoms with Crippen molar-refractivity contribution in [2.24, 2.45) is 4.99 Å². The summed E-state index contributed by atoms with van der Waals surface area (Å²) in [6.07, 6.45) is 1.52. The summed E-state index contributed by atoms with van der Waals surface area (Å²) in [5, 5.41) is 4.83. The molecule has 1 N–H and O–H groups in total. The highest BCUT2D eigenvalue weighted by atomic mass is 16.7. The molecule has 136 valence electrons. The molecule has 1 aliphatic heterocycles. The van der Waals surface area contributed by atoms with Crippen LogP contribution in [0.3, 0.4) is 0 Å². The van der Waals surface area contributed by atoms with Gasteiger partial charge in [0.05, 0.1) is 11.3 Å². The maximum atomic E-state index is 5.81. The van der Waals surface area contributed by atoms with Gasteiger partial charge in [-0.15, -0.1) is 0 Å². The Bertz CT molecular complexity index is 1110. The van der Waals surface area contributed by atoms with E-state index in [-0.39, 0.29) is 0 Å². The number of hydroxylamine groups is 1. The Morgan fingerprint density at radius 1 is 0.750 bits per heavy atom. The highest BCUT2D eigenvalue weighted by molar-refractivity contribution is 5.98. The standard InChI is InChI=1S/C23H18N4O/c1-4-10-17(11-5-1)21-20(16-27(25-21)19-14-8-3-9-15-19)23-24-22(26-28-23)18-12-6-2-7-13-18/h1-16,23H,(H,24,26). The quantitative estimate of drug-likeness (QED) is 0.578. The predicted octanol–water partition coefficient (Wildman–Crippen LogP) is 4.52. The van der Waals surface area contributed by atoms with Gasteiger partial charge >= 0.3 is 0 Å². The predicted molar refractivity (Wildman–Crippen MR) is 109 cm³/mol. The number of nitrogens with zero attached hydrogens (tertiary/aromatic N) is 3. The van der Waals surface area contributed by atoms with Crippen molar-refractivity contribution in [1.29, 1.82) is 0 Å². The van der Waals surface area contributed by atoms with Crippen molar-refractivity contribution >= 4 is 5.84 Å². The van der Waals surface area contributed by atoms with Gasteiger partial charge in [-0.05, 0) is 12.1 Å². The Morgan fingerprint density at radius 2 is 1.36 bits per heavy atom. The van der Waals surface area contributed by atoms with Crippen molar-refractivity contribution < 1.29 is 4.84 Å². The van der Waals surface area contributed by atoms with E-state index in [1.165, 1.54) is 0 Å². The Labute approximate surface area is 162 Å². The minimum atomic E-state index is -0.470. The second kappa shape index (κ2) is 7.13. The number of amidine groups is 1. The first-order valence-electron chi connectivity index (χ1n) is 9.14. The lowest BCUT2D eigenvalue weighted by molar-refractivity contribution is 0.0380. The molecule has 0 radical (unpaired) electrons. The molecule has 0 saturated carbocycles. The van der Waals surface area contributed by atoms with E-state index in [0.717, 1.165) is 33.9 Å². The molecule has 0 bridgehead atoms. The number of nitrogens with one attached hydrogen (secondary N) is 1. The van der Waals surface area contributed by atoms with Crippen molar-refractivity contribution in [2.75, 3.05) is 0 Å². The normalized spacial score (nSPS) is 15.9. The molecule has 3 aromatic carbocycles. The van der Waals surface area contributed by atoms with Crippen LogP contribution in [0.15, 0.2) is 102 Å². The lowest BCUT2D eigenvalue weighted by Gasteiger charge is -2.06. The van der Waals surface area contributed by atoms with E-state index in [2.05, 4.69) is 5.48 Å². The summed E-state index contributed by atoms with van der Waals surface area (Å²) in [5.74, 6) is 0.720. The number of hydrogen-bond acceptors (Lipinski definition) is 4. The van der Waals surface area contributed by atoms with Gasteiger partial charge in [0.25, 0.3) is 0 Å². The largest absolute Gasteiger partial charge is 0.246 e. The molecule has 1 atom stereocenters. The van der Waals surface area contributed by atoms with Gasteiger partial charge in [-0.3, -0.25) is 0 Å². The number of para-hydroxylation sites is 1. The van der Waals surface area contributed by atoms with E-state index in [4.69, 9.17) is 14.9 Å². The number of aromatic nitrogens is 2. The molecule has 0 amide bonds. The fraction of sp³-hybridized carbons (Fsp3) is 0.0435. The molecule has 4 aromatic rings. The second-order valence-corrected chi connectivity index (χ2v) is 6.50. The van der Waals surface area contributed by atoms with E-state index < -0.39 is 6.23 Å². The van der Waals surface area contributed by atoms with Crippen molar-refractivity contribution in [3.8, 4) is 16.9 Å². The molecule has 0 spiro atoms. The zero-order chi connectivity index (χ0) is 18.8. The van der Waals surface area contributed by atoms with Crippen LogP contribution in [0.2, 0.25) is 0 Å². The average Bonchev–Trinajstić information content (AvgIpc) is 3.43. The first kappa shape index (κ1) is 16.5. The van der Waals surface area contributed by atoms with Crippen LogP contribution >= 0.6 is 0 Å². The summed E-state index contributed by atoms with van der Waals surface area (Å²) >= 11 is 0. The summed E-state index contributed by atoms with van der Waals surface area (Å²) in [6.45, 7) is 0. The molecule has 1 aliphatic rings. The third-order valence-corrected chi connectivity index (χ3v) is 4.64. The van der Waals surface area contributed by atoms with Crippen molar-refractivity contribution in [2.45, 2.75) is 6.23 Å². The van der Waals surface area contributed by atoms with E-state index in [1.54, 1.807) is 0 Å². The van der Waals surface area contributed by atoms with E-state index in [1.807, 2.05) is 102 Å². The fourth-order valence-corrected chi connectivity index (χ4v) is 3.25. The molecular formula is C23H18N4O. The highest BCUT2D eigenvalue weighted by Gasteiger charge is 2.26. The number of aliphatic imine (C=N–C) groups is 1. The molecule has 5 nitrogen and oxygen atoms in total. The lowest BCUT2D eigenvalue weighted by atomic mass is 10.1. The van der Waals surface area contributed by atoms with Gasteiger partial charge in [-0.2, -0.15) is 5.10 Å². The van der Waals surface area contributed by atoms with Crippen LogP contribution in [0.1, 0.15) is 17.4 Å². The zero-order valence-electron chi connectivity index (χ0n) is 15.1. The molecule has 28 heavy (non-hydrogen) atoms. The molecule has 5 heteroatoms. The molecule has 0 aliphatic carbocycles. The first-order valence-corrected chi connectivity index (χ1v) is 9.14. The fourth-order valence-electron chi connectivity index (χ4n) is 3.25. The molecule has 0 saturated heterocycles. The third kappa shape index (κ3) is 3.08. The first-order chi connectivity index (χ1) is 13.9. The molecule has 2 heterocycles. The van der Waals surface area contributed by atoms with Crippen LogP contribution < -0.4 is 5.48 Å². The van der Waals surface area contributed by atoms with Gasteiger partial charge in [0, 0.05) is 17.3 Å². The zero-order valence-corrected chi connectivity index (χ0v) is 15.1. The summed E-state index contributed by atoms with van der Waals surface area (Å²) < 4.78 is 1.87. The maximum absolute atomic E-state index is 5.81. The summed E-state index contributed by atoms with van der Waals surface area (Å²) in [6, 6.07) is 30.1. The van der Waals surface area contributed by atoms with Crippen molar-refractivity contribution in [3.05, 3.63) is 108 Å². The molecule has 0 fully saturated rings. The van der Waals surface area contributed by atoms with Gasteiger partial charge in [0.1, 0.15) is 5.69 Å². The average molecular weight is 366 g/mol. The van der Waals surface area contributed by atoms with Crippen LogP contribution in [-0.4, -0.2) is 15.6 Å². The van der Waals surface area contributed by atoms with Gasteiger partial charge in [0.2, 0.25) is 6.23 Å². The Hall–Kier alpha value is -3.70. The van der Waals surface area contributed by atoms with Gasteiger partial charge in [-0.25, -0.2) is 20.0 Å². The van der Waals surface area contributed by atoms with E-state index in [9.17, 15) is 0 Å². The lowest BCUT2D eigenvalue weighted by Crippen LogP contribution is -2.17. The number of benzene rings is 3. The van der Waals surface area contributed by atoms with Gasteiger partial charge in [-0.1, -0.05) is 78.9 Å². The minimum absolute atomic E-state index is 0.470. The molecule has 1 aromatic heterocycles. The van der Waals surface area contributed by atoms with Crippen LogP contribution in [0.4, 0.5) is 0 Å². The maximum Gasteiger partial charge on any atom is 0.206 e. The van der Waals surface area contributed by atoms with Crippen LogP contribution in [0, 0.1) is 0 Å². The SMILES string of the molecule is c1ccc(C2=NC(c3cn(-c4ccccc4)nc3-c3ccccc3)ON2)cc1. The molecule has 5 rings (SSSR count). The van der Waals surface area contributed by atoms with Crippen LogP contribution in [-0.2, 0) is 4.84 Å². The van der Waals surface area contributed by atoms with Crippen molar-refractivity contribution in [1.82, 2.24) is 15.3 Å². The number of hydrogen-bond donors (Lipinski definition) is 1. The third-order valence-electron chi connectivity index (χ3n) is 4.64. The van der Waals surface area contributed by atoms with E-state index >= 15 is 0 Å². The smallest absolute Gasteiger partial charge is 0.206 e. The summed E-state index contributed by atoms with van der Waals surface area (Å²) in [7, 11) is 0. The second-order valence-electron chi connectivity index (χ2n) is 6.50.